The van der Waals surface area contributed by atoms with E-state index < -0.39 is 0 Å². The summed E-state index contributed by atoms with van der Waals surface area (Å²) in [5.74, 6) is 0. The van der Waals surface area contributed by atoms with Gasteiger partial charge in [-0.15, -0.1) is 0 Å². The molecule has 0 amide bonds. The Kier molecular flexibility index (Phi) is 5.33. The highest BCUT2D eigenvalue weighted by Gasteiger charge is 2.52. The van der Waals surface area contributed by atoms with Gasteiger partial charge in [-0.05, 0) is 79.9 Å². The Morgan fingerprint density at radius 3 is 1.34 bits per heavy atom. The summed E-state index contributed by atoms with van der Waals surface area (Å²) in [5, 5.41) is 0. The van der Waals surface area contributed by atoms with Crippen molar-refractivity contribution in [3.8, 4) is 33.4 Å². The molecule has 1 heteroatoms. The molecule has 0 N–H and O–H groups in total. The number of fused-ring (bicyclic) bond motifs is 13. The van der Waals surface area contributed by atoms with Crippen molar-refractivity contribution in [1.82, 2.24) is 0 Å². The highest BCUT2D eigenvalue weighted by Crippen LogP contribution is 2.65. The lowest BCUT2D eigenvalue weighted by molar-refractivity contribution is 0.660. The molecule has 0 aliphatic heterocycles. The number of anilines is 3. The van der Waals surface area contributed by atoms with Gasteiger partial charge in [0.2, 0.25) is 0 Å². The summed E-state index contributed by atoms with van der Waals surface area (Å²) in [5.41, 5.74) is 19.2. The molecule has 10 rings (SSSR count). The number of rotatable bonds is 3. The summed E-state index contributed by atoms with van der Waals surface area (Å²) in [6.45, 7) is 4.73. The largest absolute Gasteiger partial charge is 0.309 e. The second-order valence-corrected chi connectivity index (χ2v) is 13.6. The zero-order valence-electron chi connectivity index (χ0n) is 26.5. The van der Waals surface area contributed by atoms with Crippen LogP contribution in [-0.2, 0) is 10.8 Å². The minimum Gasteiger partial charge on any atom is -0.309 e. The van der Waals surface area contributed by atoms with Crippen LogP contribution in [0.5, 0.6) is 0 Å². The maximum atomic E-state index is 2.53. The van der Waals surface area contributed by atoms with Gasteiger partial charge in [0.05, 0.1) is 16.8 Å². The average molecular weight is 600 g/mol. The van der Waals surface area contributed by atoms with Gasteiger partial charge in [0.15, 0.2) is 0 Å². The predicted octanol–water partition coefficient (Wildman–Crippen LogP) is 11.8. The van der Waals surface area contributed by atoms with E-state index in [-0.39, 0.29) is 10.8 Å². The predicted molar refractivity (Wildman–Crippen MR) is 195 cm³/mol. The van der Waals surface area contributed by atoms with Crippen molar-refractivity contribution < 1.29 is 0 Å². The fraction of sp³-hybridized carbons (Fsp3) is 0.0870. The normalized spacial score (nSPS) is 14.9. The third-order valence-corrected chi connectivity index (χ3v) is 11.1. The van der Waals surface area contributed by atoms with Crippen molar-refractivity contribution in [3.63, 3.8) is 0 Å². The second-order valence-electron chi connectivity index (χ2n) is 13.6. The molecule has 0 bridgehead atoms. The molecule has 0 aromatic heterocycles. The van der Waals surface area contributed by atoms with Gasteiger partial charge >= 0.3 is 0 Å². The summed E-state index contributed by atoms with van der Waals surface area (Å²) >= 11 is 0. The van der Waals surface area contributed by atoms with Crippen molar-refractivity contribution in [2.24, 2.45) is 0 Å². The lowest BCUT2D eigenvalue weighted by atomic mass is 9.70. The number of hydrogen-bond donors (Lipinski definition) is 0. The van der Waals surface area contributed by atoms with Crippen LogP contribution in [0.3, 0.4) is 0 Å². The molecule has 0 saturated carbocycles. The first kappa shape index (κ1) is 26.5. The molecule has 1 spiro atoms. The van der Waals surface area contributed by atoms with E-state index in [1.54, 1.807) is 0 Å². The summed E-state index contributed by atoms with van der Waals surface area (Å²) < 4.78 is 0. The van der Waals surface area contributed by atoms with Gasteiger partial charge in [0, 0.05) is 22.2 Å². The molecule has 222 valence electrons. The highest BCUT2D eigenvalue weighted by molar-refractivity contribution is 6.03. The molecule has 47 heavy (non-hydrogen) atoms. The molecule has 7 aromatic rings. The molecule has 7 aromatic carbocycles. The molecule has 1 nitrogen and oxygen atoms in total. The molecule has 0 heterocycles. The van der Waals surface area contributed by atoms with Crippen molar-refractivity contribution >= 4 is 17.1 Å². The van der Waals surface area contributed by atoms with Crippen LogP contribution in [0.15, 0.2) is 164 Å². The second kappa shape index (κ2) is 9.44. The first-order valence-electron chi connectivity index (χ1n) is 16.6. The monoisotopic (exact) mass is 599 g/mol. The fourth-order valence-corrected chi connectivity index (χ4v) is 9.22. The van der Waals surface area contributed by atoms with Gasteiger partial charge in [0.1, 0.15) is 0 Å². The molecule has 3 aliphatic carbocycles. The third-order valence-electron chi connectivity index (χ3n) is 11.1. The van der Waals surface area contributed by atoms with E-state index in [4.69, 9.17) is 0 Å². The molecular weight excluding hydrogens is 567 g/mol. The Balaban J connectivity index is 1.32. The summed E-state index contributed by atoms with van der Waals surface area (Å²) in [7, 11) is 0. The van der Waals surface area contributed by atoms with Gasteiger partial charge < -0.3 is 4.90 Å². The molecule has 3 aliphatic rings. The minimum absolute atomic E-state index is 0.0865. The highest BCUT2D eigenvalue weighted by atomic mass is 15.1. The third kappa shape index (κ3) is 3.29. The van der Waals surface area contributed by atoms with Crippen LogP contribution in [0.1, 0.15) is 47.2 Å². The molecule has 0 radical (unpaired) electrons. The zero-order chi connectivity index (χ0) is 31.3. The summed E-state index contributed by atoms with van der Waals surface area (Å²) in [4.78, 5) is 2.53. The fourth-order valence-electron chi connectivity index (χ4n) is 9.22. The van der Waals surface area contributed by atoms with Crippen molar-refractivity contribution in [2.45, 2.75) is 24.7 Å². The average Bonchev–Trinajstić information content (AvgIpc) is 3.69. The maximum Gasteiger partial charge on any atom is 0.0726 e. The standard InChI is InChI=1S/C46H33N/c1-45(2)35-22-10-8-20-33(35)43-39(45)26-14-28-41(43)47(30-16-4-3-5-17-30)42-29-15-27-40-44(42)34-21-9-13-25-38(34)46(40)36-23-11-6-18-31(36)32-19-7-12-24-37(32)46/h3-29H,1-2H3. The number of nitrogens with zero attached hydrogens (tertiary/aromatic N) is 1. The van der Waals surface area contributed by atoms with Crippen molar-refractivity contribution in [3.05, 3.63) is 197 Å². The quantitative estimate of drug-likeness (QED) is 0.195. The van der Waals surface area contributed by atoms with Crippen molar-refractivity contribution in [2.75, 3.05) is 4.90 Å². The van der Waals surface area contributed by atoms with E-state index in [1.807, 2.05) is 0 Å². The Labute approximate surface area is 276 Å². The van der Waals surface area contributed by atoms with Crippen LogP contribution in [0, 0.1) is 0 Å². The van der Waals surface area contributed by atoms with E-state index in [2.05, 4.69) is 183 Å². The van der Waals surface area contributed by atoms with Crippen LogP contribution in [0.4, 0.5) is 17.1 Å². The Hall–Kier alpha value is -5.66. The first-order chi connectivity index (χ1) is 23.1. The minimum atomic E-state index is -0.384. The molecule has 0 atom stereocenters. The lowest BCUT2D eigenvalue weighted by Crippen LogP contribution is -2.26. The lowest BCUT2D eigenvalue weighted by Gasteiger charge is -2.32. The molecular formula is C46H33N. The topological polar surface area (TPSA) is 3.24 Å². The SMILES string of the molecule is CC1(C)c2ccccc2-c2c(N(c3ccccc3)c3cccc4c3-c3ccccc3C43c4ccccc4-c4ccccc43)cccc21. The van der Waals surface area contributed by atoms with Crippen LogP contribution in [0.25, 0.3) is 33.4 Å². The maximum absolute atomic E-state index is 2.53. The van der Waals surface area contributed by atoms with Gasteiger partial charge in [-0.1, -0.05) is 153 Å². The molecule has 0 saturated heterocycles. The van der Waals surface area contributed by atoms with Gasteiger partial charge in [-0.2, -0.15) is 0 Å². The molecule has 0 fully saturated rings. The van der Waals surface area contributed by atoms with Gasteiger partial charge in [0.25, 0.3) is 0 Å². The van der Waals surface area contributed by atoms with Crippen LogP contribution in [0.2, 0.25) is 0 Å². The summed E-state index contributed by atoms with van der Waals surface area (Å²) in [6, 6.07) is 61.0. The Morgan fingerprint density at radius 2 is 0.745 bits per heavy atom. The summed E-state index contributed by atoms with van der Waals surface area (Å²) in [6.07, 6.45) is 0. The van der Waals surface area contributed by atoms with E-state index >= 15 is 0 Å². The van der Waals surface area contributed by atoms with Crippen LogP contribution < -0.4 is 4.90 Å². The van der Waals surface area contributed by atoms with Crippen LogP contribution >= 0.6 is 0 Å². The Bertz CT molecular complexity index is 2350. The van der Waals surface area contributed by atoms with Crippen LogP contribution in [-0.4, -0.2) is 0 Å². The smallest absolute Gasteiger partial charge is 0.0726 e. The number of hydrogen-bond acceptors (Lipinski definition) is 1. The van der Waals surface area contributed by atoms with E-state index in [9.17, 15) is 0 Å². The van der Waals surface area contributed by atoms with E-state index in [1.165, 1.54) is 78.1 Å². The Morgan fingerprint density at radius 1 is 0.340 bits per heavy atom. The van der Waals surface area contributed by atoms with Gasteiger partial charge in [-0.25, -0.2) is 0 Å². The molecule has 0 unspecified atom stereocenters. The zero-order valence-corrected chi connectivity index (χ0v) is 26.5. The van der Waals surface area contributed by atoms with Crippen molar-refractivity contribution in [1.29, 1.82) is 0 Å². The van der Waals surface area contributed by atoms with Gasteiger partial charge in [-0.3, -0.25) is 0 Å². The first-order valence-corrected chi connectivity index (χ1v) is 16.6. The number of para-hydroxylation sites is 1. The number of benzene rings is 7. The van der Waals surface area contributed by atoms with E-state index in [0.717, 1.165) is 5.69 Å². The van der Waals surface area contributed by atoms with E-state index in [0.29, 0.717) is 0 Å².